The van der Waals surface area contributed by atoms with Crippen molar-refractivity contribution in [3.63, 3.8) is 0 Å². The van der Waals surface area contributed by atoms with Crippen molar-refractivity contribution in [1.82, 2.24) is 5.16 Å². The molecule has 0 aliphatic rings. The van der Waals surface area contributed by atoms with Crippen molar-refractivity contribution in [1.29, 1.82) is 0 Å². The molecular weight excluding hydrogens is 150 g/mol. The van der Waals surface area contributed by atoms with Gasteiger partial charge < -0.3 is 4.52 Å². The predicted octanol–water partition coefficient (Wildman–Crippen LogP) is 2.22. The van der Waals surface area contributed by atoms with Crippen molar-refractivity contribution < 1.29 is 4.52 Å². The molecule has 1 rings (SSSR count). The molecule has 0 aliphatic carbocycles. The van der Waals surface area contributed by atoms with Gasteiger partial charge in [0.15, 0.2) is 0 Å². The maximum absolute atomic E-state index is 4.98. The summed E-state index contributed by atoms with van der Waals surface area (Å²) in [5.74, 6) is 6.33. The number of aromatic nitrogens is 1. The average molecular weight is 161 g/mol. The Morgan fingerprint density at radius 2 is 2.17 bits per heavy atom. The fourth-order valence-corrected chi connectivity index (χ4v) is 0.695. The second kappa shape index (κ2) is 3.27. The molecule has 1 heterocycles. The first-order chi connectivity index (χ1) is 5.61. The number of allylic oxidation sites excluding steroid dienone is 1. The van der Waals surface area contributed by atoms with Crippen LogP contribution in [-0.2, 0) is 0 Å². The highest BCUT2D eigenvalue weighted by molar-refractivity contribution is 5.38. The van der Waals surface area contributed by atoms with Crippen LogP contribution in [-0.4, -0.2) is 5.16 Å². The number of aryl methyl sites for hydroxylation is 1. The van der Waals surface area contributed by atoms with Crippen molar-refractivity contribution in [2.45, 2.75) is 20.8 Å². The molecule has 0 N–H and O–H groups in total. The quantitative estimate of drug-likeness (QED) is 0.545. The van der Waals surface area contributed by atoms with Crippen molar-refractivity contribution in [3.05, 3.63) is 29.2 Å². The molecule has 12 heavy (non-hydrogen) atoms. The van der Waals surface area contributed by atoms with Gasteiger partial charge >= 0.3 is 0 Å². The molecule has 0 atom stereocenters. The van der Waals surface area contributed by atoms with Crippen LogP contribution >= 0.6 is 0 Å². The van der Waals surface area contributed by atoms with Crippen molar-refractivity contribution in [2.75, 3.05) is 0 Å². The summed E-state index contributed by atoms with van der Waals surface area (Å²) >= 11 is 0. The maximum atomic E-state index is 4.98. The Morgan fingerprint density at radius 3 is 2.58 bits per heavy atom. The van der Waals surface area contributed by atoms with Gasteiger partial charge in [-0.25, -0.2) is 0 Å². The SMILES string of the molecule is C=C(C)C#Cc1onc(C)c1C. The fraction of sp³-hybridized carbons (Fsp3) is 0.300. The molecule has 0 saturated heterocycles. The van der Waals surface area contributed by atoms with Gasteiger partial charge in [0.1, 0.15) is 0 Å². The van der Waals surface area contributed by atoms with E-state index in [1.54, 1.807) is 0 Å². The Balaban J connectivity index is 3.00. The van der Waals surface area contributed by atoms with Crippen LogP contribution in [0.4, 0.5) is 0 Å². The maximum Gasteiger partial charge on any atom is 0.213 e. The number of hydrogen-bond acceptors (Lipinski definition) is 2. The van der Waals surface area contributed by atoms with E-state index in [1.165, 1.54) is 0 Å². The summed E-state index contributed by atoms with van der Waals surface area (Å²) in [6, 6.07) is 0. The minimum Gasteiger partial charge on any atom is -0.347 e. The van der Waals surface area contributed by atoms with Crippen LogP contribution in [0.3, 0.4) is 0 Å². The van der Waals surface area contributed by atoms with Gasteiger partial charge in [0.2, 0.25) is 5.76 Å². The molecule has 0 bridgehead atoms. The Labute approximate surface area is 72.3 Å². The van der Waals surface area contributed by atoms with Crippen LogP contribution in [0.25, 0.3) is 0 Å². The van der Waals surface area contributed by atoms with Crippen LogP contribution < -0.4 is 0 Å². The van der Waals surface area contributed by atoms with Crippen LogP contribution in [0.5, 0.6) is 0 Å². The molecule has 0 unspecified atom stereocenters. The van der Waals surface area contributed by atoms with Gasteiger partial charge in [0.25, 0.3) is 0 Å². The molecule has 0 spiro atoms. The Kier molecular flexibility index (Phi) is 2.35. The van der Waals surface area contributed by atoms with Gasteiger partial charge in [0, 0.05) is 5.56 Å². The normalized spacial score (nSPS) is 8.92. The van der Waals surface area contributed by atoms with E-state index in [2.05, 4.69) is 23.6 Å². The van der Waals surface area contributed by atoms with Gasteiger partial charge in [-0.15, -0.1) is 0 Å². The van der Waals surface area contributed by atoms with E-state index < -0.39 is 0 Å². The first kappa shape index (κ1) is 8.61. The number of rotatable bonds is 0. The molecule has 1 aromatic rings. The summed E-state index contributed by atoms with van der Waals surface area (Å²) in [6.45, 7) is 9.36. The molecule has 2 heteroatoms. The molecule has 0 aliphatic heterocycles. The van der Waals surface area contributed by atoms with E-state index in [0.717, 1.165) is 16.8 Å². The largest absolute Gasteiger partial charge is 0.347 e. The predicted molar refractivity (Wildman–Crippen MR) is 47.7 cm³/mol. The van der Waals surface area contributed by atoms with Crippen LogP contribution in [0.15, 0.2) is 16.7 Å². The third kappa shape index (κ3) is 1.76. The van der Waals surface area contributed by atoms with Crippen LogP contribution in [0.1, 0.15) is 23.9 Å². The zero-order valence-corrected chi connectivity index (χ0v) is 7.56. The highest BCUT2D eigenvalue weighted by Gasteiger charge is 2.03. The molecule has 0 aromatic carbocycles. The molecule has 2 nitrogen and oxygen atoms in total. The van der Waals surface area contributed by atoms with Gasteiger partial charge in [-0.3, -0.25) is 0 Å². The minimum atomic E-state index is 0.635. The van der Waals surface area contributed by atoms with Crippen molar-refractivity contribution in [2.24, 2.45) is 0 Å². The van der Waals surface area contributed by atoms with E-state index in [0.29, 0.717) is 5.76 Å². The lowest BCUT2D eigenvalue weighted by Gasteiger charge is -1.82. The molecule has 0 amide bonds. The Morgan fingerprint density at radius 1 is 1.50 bits per heavy atom. The topological polar surface area (TPSA) is 26.0 Å². The number of hydrogen-bond donors (Lipinski definition) is 0. The third-order valence-electron chi connectivity index (χ3n) is 1.55. The fourth-order valence-electron chi connectivity index (χ4n) is 0.695. The zero-order chi connectivity index (χ0) is 9.14. The van der Waals surface area contributed by atoms with Crippen molar-refractivity contribution in [3.8, 4) is 11.8 Å². The second-order valence-electron chi connectivity index (χ2n) is 2.75. The third-order valence-corrected chi connectivity index (χ3v) is 1.55. The van der Waals surface area contributed by atoms with E-state index in [9.17, 15) is 0 Å². The van der Waals surface area contributed by atoms with E-state index >= 15 is 0 Å². The molecule has 62 valence electrons. The summed E-state index contributed by atoms with van der Waals surface area (Å²) in [7, 11) is 0. The van der Waals surface area contributed by atoms with Crippen molar-refractivity contribution >= 4 is 0 Å². The highest BCUT2D eigenvalue weighted by Crippen LogP contribution is 2.09. The highest BCUT2D eigenvalue weighted by atomic mass is 16.5. The molecule has 1 aromatic heterocycles. The first-order valence-corrected chi connectivity index (χ1v) is 3.71. The monoisotopic (exact) mass is 161 g/mol. The van der Waals surface area contributed by atoms with Crippen LogP contribution in [0.2, 0.25) is 0 Å². The Hall–Kier alpha value is -1.49. The van der Waals surface area contributed by atoms with Gasteiger partial charge in [-0.1, -0.05) is 17.7 Å². The van der Waals surface area contributed by atoms with E-state index in [-0.39, 0.29) is 0 Å². The van der Waals surface area contributed by atoms with Gasteiger partial charge in [-0.05, 0) is 32.3 Å². The molecule has 0 radical (unpaired) electrons. The van der Waals surface area contributed by atoms with Gasteiger partial charge in [-0.2, -0.15) is 0 Å². The average Bonchev–Trinajstić information content (AvgIpc) is 2.30. The zero-order valence-electron chi connectivity index (χ0n) is 7.56. The van der Waals surface area contributed by atoms with Gasteiger partial charge in [0.05, 0.1) is 5.69 Å². The lowest BCUT2D eigenvalue weighted by molar-refractivity contribution is 0.406. The summed E-state index contributed by atoms with van der Waals surface area (Å²) in [5.41, 5.74) is 2.72. The summed E-state index contributed by atoms with van der Waals surface area (Å²) < 4.78 is 4.98. The minimum absolute atomic E-state index is 0.635. The Bertz CT molecular complexity index is 363. The molecule has 0 saturated carbocycles. The number of nitrogens with zero attached hydrogens (tertiary/aromatic N) is 1. The lowest BCUT2D eigenvalue weighted by atomic mass is 10.2. The van der Waals surface area contributed by atoms with E-state index in [4.69, 9.17) is 4.52 Å². The standard InChI is InChI=1S/C10H11NO/c1-7(2)5-6-10-8(3)9(4)11-12-10/h1H2,2-4H3. The summed E-state index contributed by atoms with van der Waals surface area (Å²) in [6.07, 6.45) is 0. The lowest BCUT2D eigenvalue weighted by Crippen LogP contribution is -1.76. The smallest absolute Gasteiger partial charge is 0.213 e. The van der Waals surface area contributed by atoms with E-state index in [1.807, 2.05) is 20.8 Å². The summed E-state index contributed by atoms with van der Waals surface area (Å²) in [5, 5.41) is 3.79. The van der Waals surface area contributed by atoms with Crippen LogP contribution in [0, 0.1) is 25.7 Å². The first-order valence-electron chi connectivity index (χ1n) is 3.71. The molecule has 0 fully saturated rings. The summed E-state index contributed by atoms with van der Waals surface area (Å²) in [4.78, 5) is 0. The molecular formula is C10H11NO. The second-order valence-corrected chi connectivity index (χ2v) is 2.75.